The van der Waals surface area contributed by atoms with Crippen LogP contribution in [-0.4, -0.2) is 14.5 Å². The van der Waals surface area contributed by atoms with Crippen molar-refractivity contribution < 1.29 is 0 Å². The summed E-state index contributed by atoms with van der Waals surface area (Å²) >= 11 is 2.55. The molecule has 2 aromatic rings. The van der Waals surface area contributed by atoms with Crippen LogP contribution in [-0.2, 0) is 0 Å². The normalized spacial score (nSPS) is 13.9. The summed E-state index contributed by atoms with van der Waals surface area (Å²) in [5, 5.41) is 0. The van der Waals surface area contributed by atoms with Crippen LogP contribution in [0, 0.1) is 13.8 Å². The maximum atomic E-state index is 2.37. The Balaban J connectivity index is 2.27. The Hall–Kier alpha value is 0.399. The number of thiophene rings is 1. The fourth-order valence-corrected chi connectivity index (χ4v) is 8.67. The van der Waals surface area contributed by atoms with Crippen molar-refractivity contribution in [3.05, 3.63) is 21.4 Å². The van der Waals surface area contributed by atoms with Gasteiger partial charge in [-0.3, -0.25) is 0 Å². The molecule has 0 spiro atoms. The Morgan fingerprint density at radius 3 is 2.71 bits per heavy atom. The molecule has 0 atom stereocenters. The summed E-state index contributed by atoms with van der Waals surface area (Å²) in [7, 11) is 3.86. The van der Waals surface area contributed by atoms with Crippen molar-refractivity contribution in [1.29, 1.82) is 0 Å². The first kappa shape index (κ1) is 9.61. The van der Waals surface area contributed by atoms with Crippen LogP contribution in [0.4, 0.5) is 0 Å². The molecule has 0 saturated carbocycles. The van der Waals surface area contributed by atoms with Crippen LogP contribution in [0.1, 0.15) is 9.31 Å². The van der Waals surface area contributed by atoms with Crippen molar-refractivity contribution in [3.63, 3.8) is 0 Å². The topological polar surface area (TPSA) is 0 Å². The minimum absolute atomic E-state index is 0.593. The van der Waals surface area contributed by atoms with Crippen LogP contribution in [0.2, 0.25) is 0 Å². The molecule has 0 nitrogen and oxygen atoms in total. The van der Waals surface area contributed by atoms with Crippen molar-refractivity contribution in [1.82, 2.24) is 0 Å². The Bertz CT molecular complexity index is 449. The Morgan fingerprint density at radius 2 is 1.86 bits per heavy atom. The van der Waals surface area contributed by atoms with Crippen LogP contribution in [0.3, 0.4) is 0 Å². The molecule has 0 aliphatic carbocycles. The molecule has 0 saturated heterocycles. The zero-order valence-corrected chi connectivity index (χ0v) is 12.0. The van der Waals surface area contributed by atoms with E-state index in [1.54, 1.807) is 13.8 Å². The van der Waals surface area contributed by atoms with Crippen LogP contribution in [0.25, 0.3) is 9.31 Å². The van der Waals surface area contributed by atoms with Crippen molar-refractivity contribution in [2.45, 2.75) is 23.6 Å². The van der Waals surface area contributed by atoms with E-state index in [2.05, 4.69) is 26.0 Å². The molecule has 1 aliphatic heterocycles. The molecular weight excluding hydrogens is 295 g/mol. The third kappa shape index (κ3) is 1.44. The first-order chi connectivity index (χ1) is 6.74. The van der Waals surface area contributed by atoms with Gasteiger partial charge in [-0.25, -0.2) is 0 Å². The minimum atomic E-state index is 0.593. The summed E-state index contributed by atoms with van der Waals surface area (Å²) in [5.74, 6) is 0. The van der Waals surface area contributed by atoms with Crippen molar-refractivity contribution >= 4 is 47.4 Å². The third-order valence-corrected chi connectivity index (χ3v) is 8.50. The van der Waals surface area contributed by atoms with E-state index in [1.807, 2.05) is 32.9 Å². The van der Waals surface area contributed by atoms with E-state index in [1.165, 1.54) is 14.7 Å². The van der Waals surface area contributed by atoms with Gasteiger partial charge in [0.1, 0.15) is 0 Å². The number of hydrogen-bond acceptors (Lipinski definition) is 3. The van der Waals surface area contributed by atoms with E-state index in [4.69, 9.17) is 0 Å². The second-order valence-corrected chi connectivity index (χ2v) is 9.37. The Kier molecular flexibility index (Phi) is 2.38. The van der Waals surface area contributed by atoms with Gasteiger partial charge in [0.25, 0.3) is 0 Å². The molecule has 72 valence electrons. The van der Waals surface area contributed by atoms with Crippen LogP contribution in [0.15, 0.2) is 21.9 Å². The second-order valence-electron chi connectivity index (χ2n) is 3.27. The fourth-order valence-electron chi connectivity index (χ4n) is 1.51. The molecule has 1 aliphatic rings. The number of hydrogen-bond donors (Lipinski definition) is 0. The van der Waals surface area contributed by atoms with E-state index < -0.39 is 0 Å². The second kappa shape index (κ2) is 3.46. The quantitative estimate of drug-likeness (QED) is 0.528. The molecule has 3 heterocycles. The van der Waals surface area contributed by atoms with Gasteiger partial charge < -0.3 is 0 Å². The molecule has 0 unspecified atom stereocenters. The molecule has 0 aromatic carbocycles. The molecule has 3 rings (SSSR count). The predicted molar refractivity (Wildman–Crippen MR) is 67.9 cm³/mol. The van der Waals surface area contributed by atoms with Gasteiger partial charge >= 0.3 is 102 Å². The van der Waals surface area contributed by atoms with E-state index in [-0.39, 0.29) is 0 Å². The van der Waals surface area contributed by atoms with Gasteiger partial charge in [-0.15, -0.1) is 0 Å². The zero-order chi connectivity index (χ0) is 9.71. The van der Waals surface area contributed by atoms with Gasteiger partial charge in [0.15, 0.2) is 0 Å². The van der Waals surface area contributed by atoms with Crippen LogP contribution < -0.4 is 0 Å². The summed E-state index contributed by atoms with van der Waals surface area (Å²) in [4.78, 5) is 6.00. The molecule has 0 N–H and O–H groups in total. The van der Waals surface area contributed by atoms with Crippen LogP contribution >= 0.6 is 32.9 Å². The van der Waals surface area contributed by atoms with Gasteiger partial charge in [-0.1, -0.05) is 0 Å². The third-order valence-electron chi connectivity index (χ3n) is 2.07. The Labute approximate surface area is 101 Å². The summed E-state index contributed by atoms with van der Waals surface area (Å²) in [5.41, 5.74) is 0. The van der Waals surface area contributed by atoms with Gasteiger partial charge in [0, 0.05) is 0 Å². The van der Waals surface area contributed by atoms with Crippen molar-refractivity contribution in [2.75, 3.05) is 0 Å². The van der Waals surface area contributed by atoms with Crippen molar-refractivity contribution in [2.24, 2.45) is 0 Å². The van der Waals surface area contributed by atoms with E-state index in [9.17, 15) is 0 Å². The fraction of sp³-hybridized carbons (Fsp3) is 0.200. The molecule has 14 heavy (non-hydrogen) atoms. The van der Waals surface area contributed by atoms with Gasteiger partial charge in [-0.2, -0.15) is 0 Å². The molecule has 0 radical (unpaired) electrons. The number of rotatable bonds is 0. The SMILES string of the molecule is Cc1cc2c(s1)-c1[se]c(C)cc1SS2. The summed E-state index contributed by atoms with van der Waals surface area (Å²) in [6, 6.07) is 4.69. The summed E-state index contributed by atoms with van der Waals surface area (Å²) < 4.78 is 3.20. The maximum absolute atomic E-state index is 2.37. The summed E-state index contributed by atoms with van der Waals surface area (Å²) in [6.45, 7) is 4.46. The summed E-state index contributed by atoms with van der Waals surface area (Å²) in [6.07, 6.45) is 0. The first-order valence-electron chi connectivity index (χ1n) is 4.30. The molecule has 2 aromatic heterocycles. The molecule has 4 heteroatoms. The average molecular weight is 303 g/mol. The van der Waals surface area contributed by atoms with Crippen molar-refractivity contribution in [3.8, 4) is 9.31 Å². The molecule has 0 amide bonds. The number of aryl methyl sites for hydroxylation is 2. The van der Waals surface area contributed by atoms with E-state index >= 15 is 0 Å². The number of fused-ring (bicyclic) bond motifs is 3. The van der Waals surface area contributed by atoms with E-state index in [0.29, 0.717) is 14.5 Å². The van der Waals surface area contributed by atoms with Gasteiger partial charge in [-0.05, 0) is 0 Å². The monoisotopic (exact) mass is 304 g/mol. The first-order valence-corrected chi connectivity index (χ1v) is 8.98. The predicted octanol–water partition coefficient (Wildman–Crippen LogP) is 4.20. The standard InChI is InChI=1S/C10H8S3Se/c1-5-3-7-9(11-5)10-8(13-12-7)4-6(2)14-10/h3-4H,1-2H3. The zero-order valence-electron chi connectivity index (χ0n) is 7.79. The molecule has 0 bridgehead atoms. The van der Waals surface area contributed by atoms with E-state index in [0.717, 1.165) is 0 Å². The molecular formula is C10H8S3Se. The molecule has 0 fully saturated rings. The van der Waals surface area contributed by atoms with Crippen LogP contribution in [0.5, 0.6) is 0 Å². The average Bonchev–Trinajstić information content (AvgIpc) is 2.65. The van der Waals surface area contributed by atoms with Gasteiger partial charge in [0.2, 0.25) is 0 Å². The van der Waals surface area contributed by atoms with Gasteiger partial charge in [0.05, 0.1) is 0 Å². The Morgan fingerprint density at radius 1 is 1.07 bits per heavy atom.